The largest absolute Gasteiger partial charge is 1.00 e. The molecule has 70 nitrogen and oxygen atoms in total. The molecule has 2 amide bonds. The van der Waals surface area contributed by atoms with E-state index in [1.54, 1.807) is 0 Å². The summed E-state index contributed by atoms with van der Waals surface area (Å²) in [6.45, 7) is -2.81. The molecule has 0 aromatic carbocycles. The number of carboxylic acids is 4. The Morgan fingerprint density at radius 3 is 0.669 bits per heavy atom. The van der Waals surface area contributed by atoms with Crippen LogP contribution in [0.15, 0.2) is 47.3 Å². The fourth-order valence-corrected chi connectivity index (χ4v) is 14.8. The predicted molar refractivity (Wildman–Crippen MR) is 355 cm³/mol. The first-order valence-corrected chi connectivity index (χ1v) is 44.8. The Labute approximate surface area is 1070 Å². The van der Waals surface area contributed by atoms with Gasteiger partial charge < -0.3 is 215 Å². The SMILES string of the molecule is CC(=O)N[C@H]1C(O)O[C@H](COS(=O)(=O)[O-])C(O[C@@H]2OC(C(=O)[O-])=C[C@H](O)[C@H]2O)[C@@H]1O.CC(=O)N[C@H]1C(O)O[C@H](COS(=O)(=O)[O-])C(O[C@@H]2OC(C(=O)[O-])=C[C@H](O)[C@H]2OS(=O)(=O)[O-])[C@@H]1O.O=C([O-])C1=C[C@H](O)[C@@H](O)[C@H](OC2[C@@H](COS(=O)(=O)[O-])OC(O)[C@H](NS(=O)(=O)[O-])[C@H]2O)O1.O=C([O-])C1=C[C@H](O)[C@@H](OS(=O)(=O)[O-])[C@H](OC2[C@@H](COS(=O)(=O)[O-])OC(O)[C@H](NS(=O)(=O)[O-])[C@H]2O)O1.[Na+].[Na+].[Na+].[Na+].[Na+].[Na+].[Na+].[Na+].[Na+].[Na+].[Na+].[Na+]. The van der Waals surface area contributed by atoms with Crippen LogP contribution in [0.25, 0.3) is 0 Å². The fourth-order valence-electron chi connectivity index (χ4n) is 11.5. The monoisotopic (exact) mass is 2340 g/mol. The number of hydrogen-bond acceptors (Lipinski definition) is 66. The summed E-state index contributed by atoms with van der Waals surface area (Å²) in [7, 11) is -43.2. The van der Waals surface area contributed by atoms with Crippen molar-refractivity contribution in [2.75, 3.05) is 26.4 Å². The van der Waals surface area contributed by atoms with Crippen molar-refractivity contribution in [3.8, 4) is 0 Å². The zero-order valence-electron chi connectivity index (χ0n) is 75.4. The van der Waals surface area contributed by atoms with Gasteiger partial charge in [-0.25, -0.2) is 76.8 Å². The number of nitrogens with one attached hydrogen (secondary N) is 4. The van der Waals surface area contributed by atoms with E-state index < -0.39 is 365 Å². The van der Waals surface area contributed by atoms with Crippen LogP contribution in [0.1, 0.15) is 13.8 Å². The topological polar surface area (TPSA) is 1150 Å². The molecule has 8 aliphatic heterocycles. The molecule has 0 radical (unpaired) electrons. The Hall–Kier alpha value is 5.06. The summed E-state index contributed by atoms with van der Waals surface area (Å²) in [5.41, 5.74) is 0. The minimum Gasteiger partial charge on any atom is -0.735 e. The average Bonchev–Trinajstić information content (AvgIpc) is 0.779. The Morgan fingerprint density at radius 1 is 0.289 bits per heavy atom. The van der Waals surface area contributed by atoms with Gasteiger partial charge in [-0.1, -0.05) is 0 Å². The van der Waals surface area contributed by atoms with Gasteiger partial charge in [-0.3, -0.25) is 34.7 Å². The smallest absolute Gasteiger partial charge is 0.735 e. The number of amides is 2. The summed E-state index contributed by atoms with van der Waals surface area (Å²) in [4.78, 5) is 66.8. The van der Waals surface area contributed by atoms with Crippen LogP contribution in [0.4, 0.5) is 0 Å². The van der Waals surface area contributed by atoms with Crippen molar-refractivity contribution in [1.82, 2.24) is 20.1 Å². The molecular weight excluding hydrogens is 2270 g/mol. The summed E-state index contributed by atoms with van der Waals surface area (Å²) < 4.78 is 347. The summed E-state index contributed by atoms with van der Waals surface area (Å²) in [5, 5.41) is 189. The predicted octanol–water partition coefficient (Wildman–Crippen LogP) is -62.6. The molecular formula is C52H68N4Na12O66S8. The van der Waals surface area contributed by atoms with E-state index >= 15 is 0 Å². The van der Waals surface area contributed by atoms with Gasteiger partial charge in [0.25, 0.3) is 0 Å². The normalized spacial score (nSPS) is 32.7. The molecule has 0 spiro atoms. The molecule has 90 heteroatoms. The van der Waals surface area contributed by atoms with Crippen LogP contribution in [0.5, 0.6) is 0 Å². The van der Waals surface area contributed by atoms with Crippen molar-refractivity contribution in [3.05, 3.63) is 47.3 Å². The van der Waals surface area contributed by atoms with Gasteiger partial charge in [-0.2, -0.15) is 0 Å². The van der Waals surface area contributed by atoms with E-state index in [1.165, 1.54) is 9.44 Å². The molecule has 142 heavy (non-hydrogen) atoms. The van der Waals surface area contributed by atoms with Gasteiger partial charge in [-0.15, -0.1) is 0 Å². The number of carboxylic acid groups (broad SMARTS) is 4. The first kappa shape index (κ1) is 162. The van der Waals surface area contributed by atoms with Gasteiger partial charge in [0.2, 0.25) is 99.4 Å². The molecule has 4 saturated heterocycles. The quantitative estimate of drug-likeness (QED) is 0.0162. The third-order valence-electron chi connectivity index (χ3n) is 16.7. The summed E-state index contributed by atoms with van der Waals surface area (Å²) in [5.74, 6) is -13.7. The van der Waals surface area contributed by atoms with Gasteiger partial charge in [0, 0.05) is 13.8 Å². The van der Waals surface area contributed by atoms with E-state index in [-0.39, 0.29) is 355 Å². The number of hydrogen-bond donors (Lipinski definition) is 18. The first-order valence-electron chi connectivity index (χ1n) is 34.0. The summed E-state index contributed by atoms with van der Waals surface area (Å²) in [6, 6.07) is -7.55. The molecule has 8 heterocycles. The van der Waals surface area contributed by atoms with Gasteiger partial charge in [-0.05, 0) is 24.3 Å². The van der Waals surface area contributed by atoms with E-state index in [2.05, 4.69) is 35.7 Å². The maximum atomic E-state index is 11.4. The maximum Gasteiger partial charge on any atom is 1.00 e. The van der Waals surface area contributed by atoms with Crippen LogP contribution < -0.4 is 395 Å². The van der Waals surface area contributed by atoms with Crippen molar-refractivity contribution >= 4 is 119 Å². The minimum atomic E-state index is -5.64. The van der Waals surface area contributed by atoms with Crippen LogP contribution in [-0.4, -0.2) is 434 Å². The van der Waals surface area contributed by atoms with E-state index in [4.69, 9.17) is 56.8 Å². The third-order valence-corrected chi connectivity index (χ3v) is 20.5. The molecule has 32 atom stereocenters. The van der Waals surface area contributed by atoms with Crippen molar-refractivity contribution in [2.24, 2.45) is 0 Å². The van der Waals surface area contributed by atoms with Gasteiger partial charge in [0.1, 0.15) is 181 Å². The number of aliphatic hydroxyl groups is 14. The van der Waals surface area contributed by atoms with Crippen LogP contribution in [0.2, 0.25) is 0 Å². The Balaban J connectivity index is -0.000000274. The summed E-state index contributed by atoms with van der Waals surface area (Å²) >= 11 is 0. The minimum absolute atomic E-state index is 0. The molecule has 8 aliphatic rings. The molecule has 0 bridgehead atoms. The van der Waals surface area contributed by atoms with E-state index in [9.17, 15) is 224 Å². The van der Waals surface area contributed by atoms with E-state index in [0.717, 1.165) is 13.8 Å². The molecule has 8 unspecified atom stereocenters. The number of aliphatic hydroxyl groups excluding tert-OH is 14. The zero-order valence-corrected chi connectivity index (χ0v) is 106. The van der Waals surface area contributed by atoms with Crippen LogP contribution in [-0.2, 0) is 194 Å². The van der Waals surface area contributed by atoms with Crippen molar-refractivity contribution in [3.63, 3.8) is 0 Å². The van der Waals surface area contributed by atoms with E-state index in [1.807, 2.05) is 0 Å². The number of rotatable bonds is 34. The van der Waals surface area contributed by atoms with Crippen LogP contribution in [0, 0.1) is 0 Å². The van der Waals surface area contributed by atoms with Crippen molar-refractivity contribution in [2.45, 2.75) is 210 Å². The Kier molecular flexibility index (Phi) is 80.3. The number of aliphatic carboxylic acids is 4. The standard InChI is InChI=1S/C14H21NO17S2.C14H21NO14S.C12H19NO19S3.C12H19NO16S2.12Na/c1-4(16)15-8-9(18)11(7(29-13(8)21)3-28-33(22,23)24)31-14-10(32-34(25,26)27)5(17)2-6(30-14)12(19)20;1-4(16)15-8-10(19)11(7(27-13(8)22)3-26-30(23,24)25)29-14-9(18)5(17)2-6(28-14)12(20)21;14-3-1-4(10(16)17)30-12(8(3)32-35(25,26)27)31-9-5(2-28-34(22,23)24)29-11(18)6(7(9)15)13-33(19,20)21;14-3-1-4(10(17)18)28-12(7(3)15)29-9-5(2-26-31(23,24)25)27-11(19)6(8(9)16)13-30(20,21)22;;;;;;;;;;;;/h2,5,7-11,13-14,17-18,21H,3H2,1H3,(H,15,16)(H,19,20)(H,22,23,24)(H,25,26,27);2,5,7-11,13-14,17-19,22H,3H2,1H3,(H,15,16)(H,20,21)(H,23,24,25);1,3,5-9,11-15,18H,2H2,(H,16,17)(H,19,20,21)(H,22,23,24)(H,25,26,27);1,3,5-9,11-16,19H,2H2,(H,17,18)(H,20,21,22)(H,23,24,25);;;;;;;;;;;;/q;;;;12*+1/p-12/t2*5-,7+,8+,9+,10+,11?,13?,14-;2*3-,5+,6+,7+,8+,9?,11?,12-;;;;;;;;;;;;/m0000............/s1. The van der Waals surface area contributed by atoms with Crippen molar-refractivity contribution in [1.29, 1.82) is 0 Å². The molecule has 752 valence electrons. The molecule has 4 fully saturated rings. The molecule has 0 aliphatic carbocycles. The third kappa shape index (κ3) is 55.4. The Bertz CT molecular complexity index is 5120. The van der Waals surface area contributed by atoms with Crippen LogP contribution in [0.3, 0.4) is 0 Å². The molecule has 0 saturated carbocycles. The molecule has 0 aromatic heterocycles. The average molecular weight is 2340 g/mol. The van der Waals surface area contributed by atoms with Crippen LogP contribution >= 0.6 is 0 Å². The fraction of sp³-hybridized carbons (Fsp3) is 0.731. The first-order chi connectivity index (χ1) is 59.1. The van der Waals surface area contributed by atoms with Gasteiger partial charge in [0.15, 0.2) is 58.0 Å². The van der Waals surface area contributed by atoms with Gasteiger partial charge in [0.05, 0.1) is 26.4 Å². The second-order valence-electron chi connectivity index (χ2n) is 26.1. The maximum absolute atomic E-state index is 11.4. The molecule has 0 aromatic rings. The second-order valence-corrected chi connectivity index (χ2v) is 34.7. The summed E-state index contributed by atoms with van der Waals surface area (Å²) in [6.07, 6.45) is -56.1. The molecule has 8 rings (SSSR count). The zero-order chi connectivity index (χ0) is 99.5. The Morgan fingerprint density at radius 2 is 0.479 bits per heavy atom. The van der Waals surface area contributed by atoms with Gasteiger partial charge >= 0.3 is 355 Å². The number of ether oxygens (including phenoxy) is 12. The molecule has 18 N–H and O–H groups in total. The number of carbonyl (C=O) groups excluding carboxylic acids is 6. The number of carbonyl (C=O) groups is 6. The van der Waals surface area contributed by atoms with Crippen molar-refractivity contribution < 1.29 is 661 Å². The second kappa shape index (κ2) is 70.3. The van der Waals surface area contributed by atoms with E-state index in [0.29, 0.717) is 24.3 Å².